The van der Waals surface area contributed by atoms with E-state index in [9.17, 15) is 9.59 Å². The van der Waals surface area contributed by atoms with Gasteiger partial charge in [0.05, 0.1) is 45.1 Å². The van der Waals surface area contributed by atoms with Gasteiger partial charge in [-0.2, -0.15) is 0 Å². The van der Waals surface area contributed by atoms with Gasteiger partial charge in [-0.25, -0.2) is 9.79 Å². The quantitative estimate of drug-likeness (QED) is 0.379. The van der Waals surface area contributed by atoms with Crippen molar-refractivity contribution in [3.63, 3.8) is 0 Å². The molecule has 1 aliphatic heterocycles. The highest BCUT2D eigenvalue weighted by atomic mass is 35.5. The first kappa shape index (κ1) is 26.2. The van der Waals surface area contributed by atoms with Crippen molar-refractivity contribution in [2.75, 3.05) is 7.11 Å². The molecule has 0 saturated heterocycles. The van der Waals surface area contributed by atoms with Crippen molar-refractivity contribution < 1.29 is 14.3 Å². The molecule has 6 nitrogen and oxygen atoms in total. The fourth-order valence-electron chi connectivity index (χ4n) is 4.03. The smallest absolute Gasteiger partial charge is 0.338 e. The van der Waals surface area contributed by atoms with Crippen molar-refractivity contribution >= 4 is 46.6 Å². The maximum atomic E-state index is 13.7. The Labute approximate surface area is 223 Å². The summed E-state index contributed by atoms with van der Waals surface area (Å²) in [4.78, 5) is 31.7. The Morgan fingerprint density at radius 3 is 2.44 bits per heavy atom. The Morgan fingerprint density at radius 1 is 1.19 bits per heavy atom. The number of nitrogens with zero attached hydrogens (tertiary/aromatic N) is 2. The SMILES string of the molecule is CCC1=C(C(=O)OC)[C@H](c2ccccc2)n2c(s/c(=C\c3cc(Cl)c(O[C@H](C)CC)c(Cl)c3)c2=O)=N1. The lowest BCUT2D eigenvalue weighted by Gasteiger charge is -2.25. The molecule has 2 atom stereocenters. The van der Waals surface area contributed by atoms with Crippen LogP contribution in [-0.4, -0.2) is 23.8 Å². The predicted molar refractivity (Wildman–Crippen MR) is 144 cm³/mol. The number of hydrogen-bond donors (Lipinski definition) is 0. The van der Waals surface area contributed by atoms with Crippen molar-refractivity contribution in [1.29, 1.82) is 0 Å². The van der Waals surface area contributed by atoms with Gasteiger partial charge in [0, 0.05) is 0 Å². The molecule has 0 unspecified atom stereocenters. The van der Waals surface area contributed by atoms with Crippen molar-refractivity contribution in [2.24, 2.45) is 4.99 Å². The second-order valence-corrected chi connectivity index (χ2v) is 10.2. The lowest BCUT2D eigenvalue weighted by Crippen LogP contribution is -2.40. The van der Waals surface area contributed by atoms with Crippen molar-refractivity contribution in [1.82, 2.24) is 4.57 Å². The third-order valence-corrected chi connectivity index (χ3v) is 7.52. The molecule has 0 amide bonds. The van der Waals surface area contributed by atoms with Crippen LogP contribution in [0.5, 0.6) is 5.75 Å². The Balaban J connectivity index is 1.90. The third kappa shape index (κ3) is 5.01. The minimum absolute atomic E-state index is 0.0377. The minimum atomic E-state index is -0.648. The fraction of sp³-hybridized carbons (Fsp3) is 0.296. The Kier molecular flexibility index (Phi) is 8.03. The second kappa shape index (κ2) is 11.0. The van der Waals surface area contributed by atoms with Gasteiger partial charge >= 0.3 is 5.97 Å². The molecule has 0 aliphatic carbocycles. The monoisotopic (exact) mass is 544 g/mol. The van der Waals surface area contributed by atoms with Gasteiger partial charge in [-0.15, -0.1) is 0 Å². The van der Waals surface area contributed by atoms with Crippen molar-refractivity contribution in [2.45, 2.75) is 45.8 Å². The molecule has 0 N–H and O–H groups in total. The Bertz CT molecular complexity index is 1490. The molecular weight excluding hydrogens is 519 g/mol. The number of fused-ring (bicyclic) bond motifs is 1. The van der Waals surface area contributed by atoms with Crippen LogP contribution < -0.4 is 19.6 Å². The third-order valence-electron chi connectivity index (χ3n) is 5.98. The highest BCUT2D eigenvalue weighted by molar-refractivity contribution is 7.07. The lowest BCUT2D eigenvalue weighted by atomic mass is 9.95. The number of methoxy groups -OCH3 is 1. The number of benzene rings is 2. The number of rotatable bonds is 7. The van der Waals surface area contributed by atoms with Crippen LogP contribution in [0.15, 0.2) is 63.5 Å². The van der Waals surface area contributed by atoms with Crippen LogP contribution in [0.2, 0.25) is 10.0 Å². The maximum Gasteiger partial charge on any atom is 0.338 e. The van der Waals surface area contributed by atoms with Crippen LogP contribution in [-0.2, 0) is 9.53 Å². The number of halogens is 2. The highest BCUT2D eigenvalue weighted by Gasteiger charge is 2.33. The van der Waals surface area contributed by atoms with E-state index in [1.54, 1.807) is 22.8 Å². The summed E-state index contributed by atoms with van der Waals surface area (Å²) in [5.74, 6) is -0.0835. The molecule has 188 valence electrons. The van der Waals surface area contributed by atoms with Crippen LogP contribution in [0.4, 0.5) is 0 Å². The molecule has 4 rings (SSSR count). The van der Waals surface area contributed by atoms with E-state index in [1.807, 2.05) is 51.1 Å². The summed E-state index contributed by atoms with van der Waals surface area (Å²) in [6.07, 6.45) is 3.02. The number of carbonyl (C=O) groups is 1. The van der Waals surface area contributed by atoms with Gasteiger partial charge in [0.15, 0.2) is 10.6 Å². The summed E-state index contributed by atoms with van der Waals surface area (Å²) >= 11 is 14.2. The normalized spacial score (nSPS) is 16.4. The molecular formula is C27H26Cl2N2O4S. The molecule has 0 fully saturated rings. The highest BCUT2D eigenvalue weighted by Crippen LogP contribution is 2.36. The van der Waals surface area contributed by atoms with Gasteiger partial charge in [0.1, 0.15) is 0 Å². The first-order valence-corrected chi connectivity index (χ1v) is 13.2. The van der Waals surface area contributed by atoms with Gasteiger partial charge in [-0.1, -0.05) is 78.7 Å². The predicted octanol–water partition coefficient (Wildman–Crippen LogP) is 5.28. The zero-order valence-electron chi connectivity index (χ0n) is 20.4. The summed E-state index contributed by atoms with van der Waals surface area (Å²) in [5.41, 5.74) is 2.15. The Hall–Kier alpha value is -2.87. The molecule has 0 radical (unpaired) electrons. The van der Waals surface area contributed by atoms with E-state index >= 15 is 0 Å². The number of ether oxygens (including phenoxy) is 2. The van der Waals surface area contributed by atoms with Gasteiger partial charge in [0.2, 0.25) is 0 Å². The largest absolute Gasteiger partial charge is 0.488 e. The molecule has 3 aromatic rings. The summed E-state index contributed by atoms with van der Waals surface area (Å²) in [7, 11) is 1.33. The number of carbonyl (C=O) groups excluding carboxylic acids is 1. The molecule has 0 saturated carbocycles. The van der Waals surface area contributed by atoms with Crippen LogP contribution in [0, 0.1) is 0 Å². The van der Waals surface area contributed by atoms with E-state index in [1.165, 1.54) is 18.4 Å². The van der Waals surface area contributed by atoms with Gasteiger partial charge < -0.3 is 9.47 Å². The molecule has 0 spiro atoms. The van der Waals surface area contributed by atoms with Crippen LogP contribution in [0.1, 0.15) is 50.8 Å². The zero-order valence-corrected chi connectivity index (χ0v) is 22.7. The van der Waals surface area contributed by atoms with E-state index in [0.29, 0.717) is 48.4 Å². The molecule has 1 aliphatic rings. The number of esters is 1. The lowest BCUT2D eigenvalue weighted by molar-refractivity contribution is -0.136. The molecule has 2 aromatic carbocycles. The van der Waals surface area contributed by atoms with E-state index in [2.05, 4.69) is 4.99 Å². The molecule has 36 heavy (non-hydrogen) atoms. The summed E-state index contributed by atoms with van der Waals surface area (Å²) in [6, 6.07) is 12.2. The van der Waals surface area contributed by atoms with E-state index < -0.39 is 12.0 Å². The Morgan fingerprint density at radius 2 is 1.86 bits per heavy atom. The number of thiazole rings is 1. The van der Waals surface area contributed by atoms with Crippen LogP contribution in [0.25, 0.3) is 6.08 Å². The van der Waals surface area contributed by atoms with E-state index in [0.717, 1.165) is 12.0 Å². The molecule has 9 heteroatoms. The number of hydrogen-bond acceptors (Lipinski definition) is 6. The number of aromatic nitrogens is 1. The topological polar surface area (TPSA) is 69.9 Å². The van der Waals surface area contributed by atoms with Crippen molar-refractivity contribution in [3.05, 3.63) is 94.6 Å². The second-order valence-electron chi connectivity index (χ2n) is 8.35. The number of allylic oxidation sites excluding steroid dienone is 1. The summed E-state index contributed by atoms with van der Waals surface area (Å²) in [6.45, 7) is 5.88. The molecule has 1 aromatic heterocycles. The van der Waals surface area contributed by atoms with Crippen LogP contribution >= 0.6 is 34.5 Å². The first-order valence-electron chi connectivity index (χ1n) is 11.6. The van der Waals surface area contributed by atoms with Gasteiger partial charge in [-0.3, -0.25) is 9.36 Å². The molecule has 2 heterocycles. The summed E-state index contributed by atoms with van der Waals surface area (Å²) in [5, 5.41) is 0.732. The minimum Gasteiger partial charge on any atom is -0.488 e. The van der Waals surface area contributed by atoms with E-state index in [4.69, 9.17) is 32.7 Å². The van der Waals surface area contributed by atoms with Crippen molar-refractivity contribution in [3.8, 4) is 5.75 Å². The zero-order chi connectivity index (χ0) is 26.0. The standard InChI is InChI=1S/C27H26Cl2N2O4S/c1-5-15(3)35-24-18(28)12-16(13-19(24)29)14-21-25(32)31-23(17-10-8-7-9-11-17)22(26(33)34-4)20(6-2)30-27(31)36-21/h7-15,23H,5-6H2,1-4H3/b21-14-/t15-,23+/m1/s1. The van der Waals surface area contributed by atoms with Crippen LogP contribution in [0.3, 0.4) is 0 Å². The van der Waals surface area contributed by atoms with Gasteiger partial charge in [-0.05, 0) is 49.1 Å². The van der Waals surface area contributed by atoms with E-state index in [-0.39, 0.29) is 11.7 Å². The maximum absolute atomic E-state index is 13.7. The average molecular weight is 545 g/mol. The summed E-state index contributed by atoms with van der Waals surface area (Å²) < 4.78 is 12.9. The van der Waals surface area contributed by atoms with Gasteiger partial charge in [0.25, 0.3) is 5.56 Å². The first-order chi connectivity index (χ1) is 17.3. The average Bonchev–Trinajstić information content (AvgIpc) is 3.19. The fourth-order valence-corrected chi connectivity index (χ4v) is 5.64. The molecule has 0 bridgehead atoms.